The summed E-state index contributed by atoms with van der Waals surface area (Å²) in [5.41, 5.74) is 1.21. The van der Waals surface area contributed by atoms with E-state index in [0.717, 1.165) is 12.0 Å². The number of nitrogens with zero attached hydrogens (tertiary/aromatic N) is 1. The van der Waals surface area contributed by atoms with Crippen molar-refractivity contribution in [1.82, 2.24) is 10.3 Å². The number of benzene rings is 1. The minimum atomic E-state index is -0.360. The molecule has 2 rings (SSSR count). The van der Waals surface area contributed by atoms with E-state index in [9.17, 15) is 9.90 Å². The molecule has 1 aromatic heterocycles. The third-order valence-corrected chi connectivity index (χ3v) is 2.76. The molecule has 19 heavy (non-hydrogen) atoms. The smallest absolute Gasteiger partial charge is 0.273 e. The predicted octanol–water partition coefficient (Wildman–Crippen LogP) is 2.15. The van der Waals surface area contributed by atoms with Crippen LogP contribution < -0.4 is 5.32 Å². The lowest BCUT2D eigenvalue weighted by atomic mass is 10.1. The van der Waals surface area contributed by atoms with Gasteiger partial charge in [-0.15, -0.1) is 0 Å². The van der Waals surface area contributed by atoms with Gasteiger partial charge in [-0.2, -0.15) is 0 Å². The van der Waals surface area contributed by atoms with Gasteiger partial charge >= 0.3 is 0 Å². The van der Waals surface area contributed by atoms with Crippen molar-refractivity contribution in [2.45, 2.75) is 19.4 Å². The molecule has 1 atom stereocenters. The molecule has 98 valence electrons. The lowest BCUT2D eigenvalue weighted by molar-refractivity contribution is 0.0932. The summed E-state index contributed by atoms with van der Waals surface area (Å²) in [5, 5.41) is 12.4. The average molecular weight is 256 g/mol. The zero-order valence-electron chi connectivity index (χ0n) is 10.7. The Morgan fingerprint density at radius 3 is 2.68 bits per heavy atom. The molecule has 0 saturated heterocycles. The quantitative estimate of drug-likeness (QED) is 0.881. The minimum Gasteiger partial charge on any atom is -0.505 e. The number of pyridine rings is 1. The summed E-state index contributed by atoms with van der Waals surface area (Å²) < 4.78 is 0. The van der Waals surface area contributed by atoms with E-state index in [4.69, 9.17) is 0 Å². The number of carbonyl (C=O) groups excluding carboxylic acids is 1. The van der Waals surface area contributed by atoms with Crippen molar-refractivity contribution in [3.8, 4) is 5.75 Å². The molecule has 2 N–H and O–H groups in total. The molecular formula is C15H16N2O2. The Morgan fingerprint density at radius 1 is 1.26 bits per heavy atom. The first-order valence-corrected chi connectivity index (χ1v) is 6.15. The first-order valence-electron chi connectivity index (χ1n) is 6.15. The van der Waals surface area contributed by atoms with E-state index in [1.807, 2.05) is 37.3 Å². The van der Waals surface area contributed by atoms with Gasteiger partial charge < -0.3 is 10.4 Å². The van der Waals surface area contributed by atoms with E-state index < -0.39 is 0 Å². The van der Waals surface area contributed by atoms with Crippen LogP contribution in [0.15, 0.2) is 48.7 Å². The molecular weight excluding hydrogens is 240 g/mol. The highest BCUT2D eigenvalue weighted by atomic mass is 16.3. The fraction of sp³-hybridized carbons (Fsp3) is 0.200. The van der Waals surface area contributed by atoms with Crippen molar-refractivity contribution >= 4 is 5.91 Å². The van der Waals surface area contributed by atoms with Gasteiger partial charge in [-0.1, -0.05) is 30.3 Å². The van der Waals surface area contributed by atoms with E-state index in [1.54, 1.807) is 6.07 Å². The molecule has 4 nitrogen and oxygen atoms in total. The van der Waals surface area contributed by atoms with Crippen LogP contribution in [0.4, 0.5) is 0 Å². The second kappa shape index (κ2) is 6.00. The molecule has 0 aliphatic rings. The Morgan fingerprint density at radius 2 is 2.00 bits per heavy atom. The fourth-order valence-corrected chi connectivity index (χ4v) is 1.88. The van der Waals surface area contributed by atoms with Crippen molar-refractivity contribution in [2.24, 2.45) is 0 Å². The van der Waals surface area contributed by atoms with Gasteiger partial charge in [0.2, 0.25) is 0 Å². The van der Waals surface area contributed by atoms with Crippen LogP contribution in [0.1, 0.15) is 23.0 Å². The zero-order valence-corrected chi connectivity index (χ0v) is 10.7. The van der Waals surface area contributed by atoms with Crippen LogP contribution >= 0.6 is 0 Å². The van der Waals surface area contributed by atoms with Crippen molar-refractivity contribution in [2.75, 3.05) is 0 Å². The normalized spacial score (nSPS) is 11.8. The molecule has 1 amide bonds. The maximum Gasteiger partial charge on any atom is 0.273 e. The molecule has 0 radical (unpaired) electrons. The summed E-state index contributed by atoms with van der Waals surface area (Å²) in [6.45, 7) is 1.92. The van der Waals surface area contributed by atoms with Crippen LogP contribution in [-0.4, -0.2) is 22.0 Å². The number of nitrogens with one attached hydrogen (secondary N) is 1. The van der Waals surface area contributed by atoms with Gasteiger partial charge in [0, 0.05) is 12.2 Å². The Kier molecular flexibility index (Phi) is 4.13. The summed E-state index contributed by atoms with van der Waals surface area (Å²) in [6, 6.07) is 12.9. The van der Waals surface area contributed by atoms with Crippen LogP contribution in [0, 0.1) is 0 Å². The van der Waals surface area contributed by atoms with E-state index in [1.165, 1.54) is 12.3 Å². The van der Waals surface area contributed by atoms with E-state index in [-0.39, 0.29) is 23.4 Å². The SMILES string of the molecule is CC(Cc1ccccc1)NC(=O)c1ncccc1O. The van der Waals surface area contributed by atoms with E-state index >= 15 is 0 Å². The minimum absolute atomic E-state index is 0.0312. The highest BCUT2D eigenvalue weighted by Gasteiger charge is 2.14. The topological polar surface area (TPSA) is 62.2 Å². The number of rotatable bonds is 4. The third-order valence-electron chi connectivity index (χ3n) is 2.76. The first-order chi connectivity index (χ1) is 9.16. The van der Waals surface area contributed by atoms with Crippen LogP contribution in [-0.2, 0) is 6.42 Å². The lowest BCUT2D eigenvalue weighted by Gasteiger charge is -2.14. The number of amides is 1. The molecule has 0 spiro atoms. The second-order valence-corrected chi connectivity index (χ2v) is 4.44. The van der Waals surface area contributed by atoms with E-state index in [0.29, 0.717) is 0 Å². The summed E-state index contributed by atoms with van der Waals surface area (Å²) in [7, 11) is 0. The molecule has 2 aromatic rings. The van der Waals surface area contributed by atoms with Gasteiger partial charge in [0.1, 0.15) is 5.75 Å². The Balaban J connectivity index is 1.98. The third kappa shape index (κ3) is 3.55. The largest absolute Gasteiger partial charge is 0.505 e. The number of hydrogen-bond donors (Lipinski definition) is 2. The van der Waals surface area contributed by atoms with Gasteiger partial charge in [0.25, 0.3) is 5.91 Å². The van der Waals surface area contributed by atoms with Gasteiger partial charge in [-0.05, 0) is 31.0 Å². The Bertz CT molecular complexity index is 555. The van der Waals surface area contributed by atoms with Crippen molar-refractivity contribution in [3.05, 3.63) is 59.9 Å². The summed E-state index contributed by atoms with van der Waals surface area (Å²) in [5.74, 6) is -0.464. The zero-order chi connectivity index (χ0) is 13.7. The molecule has 1 heterocycles. The molecule has 1 unspecified atom stereocenters. The van der Waals surface area contributed by atoms with Gasteiger partial charge in [-0.3, -0.25) is 4.79 Å². The van der Waals surface area contributed by atoms with Crippen LogP contribution in [0.3, 0.4) is 0 Å². The molecule has 0 fully saturated rings. The fourth-order valence-electron chi connectivity index (χ4n) is 1.88. The second-order valence-electron chi connectivity index (χ2n) is 4.44. The van der Waals surface area contributed by atoms with E-state index in [2.05, 4.69) is 10.3 Å². The van der Waals surface area contributed by atoms with Gasteiger partial charge in [-0.25, -0.2) is 4.98 Å². The molecule has 1 aromatic carbocycles. The highest BCUT2D eigenvalue weighted by molar-refractivity contribution is 5.94. The van der Waals surface area contributed by atoms with Gasteiger partial charge in [0.15, 0.2) is 5.69 Å². The summed E-state index contributed by atoms with van der Waals surface area (Å²) in [4.78, 5) is 15.8. The molecule has 0 aliphatic carbocycles. The average Bonchev–Trinajstić information content (AvgIpc) is 2.40. The van der Waals surface area contributed by atoms with Crippen molar-refractivity contribution < 1.29 is 9.90 Å². The highest BCUT2D eigenvalue weighted by Crippen LogP contribution is 2.12. The Hall–Kier alpha value is -2.36. The number of aromatic hydroxyl groups is 1. The summed E-state index contributed by atoms with van der Waals surface area (Å²) >= 11 is 0. The van der Waals surface area contributed by atoms with Crippen LogP contribution in [0.2, 0.25) is 0 Å². The van der Waals surface area contributed by atoms with Crippen LogP contribution in [0.25, 0.3) is 0 Å². The number of carbonyl (C=O) groups is 1. The molecule has 4 heteroatoms. The van der Waals surface area contributed by atoms with Gasteiger partial charge in [0.05, 0.1) is 0 Å². The number of aromatic nitrogens is 1. The molecule has 0 saturated carbocycles. The van der Waals surface area contributed by atoms with Crippen molar-refractivity contribution in [1.29, 1.82) is 0 Å². The number of hydrogen-bond acceptors (Lipinski definition) is 3. The molecule has 0 aliphatic heterocycles. The predicted molar refractivity (Wildman–Crippen MR) is 73.0 cm³/mol. The monoisotopic (exact) mass is 256 g/mol. The maximum absolute atomic E-state index is 11.9. The van der Waals surface area contributed by atoms with Crippen LogP contribution in [0.5, 0.6) is 5.75 Å². The molecule has 0 bridgehead atoms. The Labute approximate surface area is 112 Å². The maximum atomic E-state index is 11.9. The first kappa shape index (κ1) is 13.1. The standard InChI is InChI=1S/C15H16N2O2/c1-11(10-12-6-3-2-4-7-12)17-15(19)14-13(18)8-5-9-16-14/h2-9,11,18H,10H2,1H3,(H,17,19). The summed E-state index contributed by atoms with van der Waals surface area (Å²) in [6.07, 6.45) is 2.22. The lowest BCUT2D eigenvalue weighted by Crippen LogP contribution is -2.34. The van der Waals surface area contributed by atoms with Crippen molar-refractivity contribution in [3.63, 3.8) is 0 Å².